The van der Waals surface area contributed by atoms with Gasteiger partial charge in [0, 0.05) is 28.4 Å². The molecule has 1 aromatic rings. The van der Waals surface area contributed by atoms with Crippen LogP contribution in [0.3, 0.4) is 0 Å². The maximum absolute atomic E-state index is 10.3. The molecule has 0 saturated carbocycles. The van der Waals surface area contributed by atoms with Crippen molar-refractivity contribution in [1.82, 2.24) is 4.98 Å². The molecule has 4 heteroatoms. The molecule has 0 spiro atoms. The summed E-state index contributed by atoms with van der Waals surface area (Å²) >= 11 is 3.22. The van der Waals surface area contributed by atoms with Crippen LogP contribution in [-0.2, 0) is 4.79 Å². The zero-order valence-electron chi connectivity index (χ0n) is 6.04. The first kappa shape index (κ1) is 8.75. The highest BCUT2D eigenvalue weighted by atomic mass is 79.9. The number of aromatic nitrogens is 1. The summed E-state index contributed by atoms with van der Waals surface area (Å²) in [5.74, 6) is 4.14. The van der Waals surface area contributed by atoms with Crippen molar-refractivity contribution in [3.05, 3.63) is 28.5 Å². The van der Waals surface area contributed by atoms with Crippen LogP contribution < -0.4 is 5.73 Å². The van der Waals surface area contributed by atoms with E-state index in [1.165, 1.54) is 0 Å². The summed E-state index contributed by atoms with van der Waals surface area (Å²) < 4.78 is 0.818. The topological polar surface area (TPSA) is 56.0 Å². The molecule has 0 saturated heterocycles. The van der Waals surface area contributed by atoms with E-state index in [1.54, 1.807) is 18.5 Å². The fourth-order valence-electron chi connectivity index (χ4n) is 0.614. The Morgan fingerprint density at radius 2 is 2.33 bits per heavy atom. The Kier molecular flexibility index (Phi) is 2.83. The molecule has 0 radical (unpaired) electrons. The van der Waals surface area contributed by atoms with Crippen LogP contribution in [-0.4, -0.2) is 10.9 Å². The summed E-state index contributed by atoms with van der Waals surface area (Å²) in [6.45, 7) is 0. The lowest BCUT2D eigenvalue weighted by molar-refractivity contribution is -0.112. The van der Waals surface area contributed by atoms with Gasteiger partial charge in [-0.05, 0) is 22.0 Å². The SMILES string of the molecule is NC(=O)C#Cc1cncc(Br)c1. The zero-order valence-corrected chi connectivity index (χ0v) is 7.63. The van der Waals surface area contributed by atoms with Gasteiger partial charge in [-0.3, -0.25) is 9.78 Å². The van der Waals surface area contributed by atoms with E-state index < -0.39 is 5.91 Å². The number of rotatable bonds is 0. The van der Waals surface area contributed by atoms with Crippen molar-refractivity contribution in [3.8, 4) is 11.8 Å². The Morgan fingerprint density at radius 1 is 1.58 bits per heavy atom. The molecule has 60 valence electrons. The summed E-state index contributed by atoms with van der Waals surface area (Å²) in [5, 5.41) is 0. The molecule has 0 aromatic carbocycles. The summed E-state index contributed by atoms with van der Waals surface area (Å²) in [4.78, 5) is 14.1. The van der Waals surface area contributed by atoms with Crippen molar-refractivity contribution in [2.45, 2.75) is 0 Å². The van der Waals surface area contributed by atoms with E-state index in [0.717, 1.165) is 4.47 Å². The van der Waals surface area contributed by atoms with Crippen molar-refractivity contribution in [2.75, 3.05) is 0 Å². The molecule has 0 atom stereocenters. The van der Waals surface area contributed by atoms with Crippen molar-refractivity contribution in [3.63, 3.8) is 0 Å². The van der Waals surface area contributed by atoms with Gasteiger partial charge in [-0.15, -0.1) is 0 Å². The molecule has 3 nitrogen and oxygen atoms in total. The molecular formula is C8H5BrN2O. The predicted molar refractivity (Wildman–Crippen MR) is 48.0 cm³/mol. The minimum absolute atomic E-state index is 0.644. The van der Waals surface area contributed by atoms with Gasteiger partial charge in [0.25, 0.3) is 5.91 Å². The third-order valence-corrected chi connectivity index (χ3v) is 1.47. The predicted octanol–water partition coefficient (Wildman–Crippen LogP) is 0.681. The summed E-state index contributed by atoms with van der Waals surface area (Å²) in [5.41, 5.74) is 5.49. The lowest BCUT2D eigenvalue weighted by Gasteiger charge is -1.88. The van der Waals surface area contributed by atoms with Gasteiger partial charge in [-0.1, -0.05) is 5.92 Å². The lowest BCUT2D eigenvalue weighted by atomic mass is 10.3. The molecular weight excluding hydrogens is 220 g/mol. The van der Waals surface area contributed by atoms with Crippen LogP contribution in [0.1, 0.15) is 5.56 Å². The smallest absolute Gasteiger partial charge is 0.293 e. The van der Waals surface area contributed by atoms with Gasteiger partial charge in [0.05, 0.1) is 0 Å². The normalized spacial score (nSPS) is 8.42. The summed E-state index contributed by atoms with van der Waals surface area (Å²) in [6, 6.07) is 1.75. The first-order chi connectivity index (χ1) is 5.68. The van der Waals surface area contributed by atoms with E-state index in [9.17, 15) is 4.79 Å². The number of carbonyl (C=O) groups excluding carboxylic acids is 1. The number of halogens is 1. The molecule has 1 heterocycles. The highest BCUT2D eigenvalue weighted by Crippen LogP contribution is 2.07. The first-order valence-corrected chi connectivity index (χ1v) is 3.90. The van der Waals surface area contributed by atoms with Gasteiger partial charge in [0.2, 0.25) is 0 Å². The van der Waals surface area contributed by atoms with E-state index in [2.05, 4.69) is 32.8 Å². The van der Waals surface area contributed by atoms with Crippen molar-refractivity contribution in [1.29, 1.82) is 0 Å². The second-order valence-electron chi connectivity index (χ2n) is 2.01. The molecule has 0 fully saturated rings. The lowest BCUT2D eigenvalue weighted by Crippen LogP contribution is -2.06. The molecule has 1 amide bonds. The van der Waals surface area contributed by atoms with E-state index in [0.29, 0.717) is 5.56 Å². The molecule has 1 aromatic heterocycles. The van der Waals surface area contributed by atoms with Crippen LogP contribution >= 0.6 is 15.9 Å². The maximum atomic E-state index is 10.3. The van der Waals surface area contributed by atoms with Gasteiger partial charge in [-0.2, -0.15) is 0 Å². The van der Waals surface area contributed by atoms with Crippen LogP contribution in [0, 0.1) is 11.8 Å². The second-order valence-corrected chi connectivity index (χ2v) is 2.92. The summed E-state index contributed by atoms with van der Waals surface area (Å²) in [6.07, 6.45) is 3.19. The average Bonchev–Trinajstić information content (AvgIpc) is 2.01. The van der Waals surface area contributed by atoms with Crippen molar-refractivity contribution in [2.24, 2.45) is 5.73 Å². The Bertz CT molecular complexity index is 365. The Hall–Kier alpha value is -1.34. The molecule has 0 aliphatic carbocycles. The van der Waals surface area contributed by atoms with E-state index in [4.69, 9.17) is 5.73 Å². The largest absolute Gasteiger partial charge is 0.359 e. The molecule has 0 aliphatic heterocycles. The van der Waals surface area contributed by atoms with Crippen molar-refractivity contribution >= 4 is 21.8 Å². The number of hydrogen-bond acceptors (Lipinski definition) is 2. The standard InChI is InChI=1S/C8H5BrN2O/c9-7-3-6(4-11-5-7)1-2-8(10)12/h3-5H,(H2,10,12). The minimum atomic E-state index is -0.644. The quantitative estimate of drug-likeness (QED) is 0.660. The highest BCUT2D eigenvalue weighted by Gasteiger charge is 1.89. The Morgan fingerprint density at radius 3 is 2.92 bits per heavy atom. The average molecular weight is 225 g/mol. The highest BCUT2D eigenvalue weighted by molar-refractivity contribution is 9.10. The van der Waals surface area contributed by atoms with Gasteiger partial charge < -0.3 is 5.73 Å². The Balaban J connectivity index is 2.92. The number of amides is 1. The Labute approximate surface area is 78.1 Å². The van der Waals surface area contributed by atoms with Crippen LogP contribution in [0.15, 0.2) is 22.9 Å². The van der Waals surface area contributed by atoms with Gasteiger partial charge in [0.1, 0.15) is 0 Å². The van der Waals surface area contributed by atoms with E-state index in [1.807, 2.05) is 0 Å². The fourth-order valence-corrected chi connectivity index (χ4v) is 0.979. The van der Waals surface area contributed by atoms with Crippen LogP contribution in [0.5, 0.6) is 0 Å². The van der Waals surface area contributed by atoms with E-state index in [-0.39, 0.29) is 0 Å². The van der Waals surface area contributed by atoms with Crippen LogP contribution in [0.25, 0.3) is 0 Å². The second kappa shape index (κ2) is 3.88. The molecule has 0 bridgehead atoms. The number of carbonyl (C=O) groups is 1. The van der Waals surface area contributed by atoms with Gasteiger partial charge >= 0.3 is 0 Å². The molecule has 1 rings (SSSR count). The number of nitrogens with zero attached hydrogens (tertiary/aromatic N) is 1. The molecule has 0 unspecified atom stereocenters. The third-order valence-electron chi connectivity index (χ3n) is 1.03. The molecule has 12 heavy (non-hydrogen) atoms. The summed E-state index contributed by atoms with van der Waals surface area (Å²) in [7, 11) is 0. The van der Waals surface area contributed by atoms with E-state index >= 15 is 0 Å². The molecule has 2 N–H and O–H groups in total. The zero-order chi connectivity index (χ0) is 8.97. The number of hydrogen-bond donors (Lipinski definition) is 1. The maximum Gasteiger partial charge on any atom is 0.293 e. The van der Waals surface area contributed by atoms with Crippen LogP contribution in [0.4, 0.5) is 0 Å². The van der Waals surface area contributed by atoms with Crippen LogP contribution in [0.2, 0.25) is 0 Å². The minimum Gasteiger partial charge on any atom is -0.359 e. The molecule has 0 aliphatic rings. The fraction of sp³-hybridized carbons (Fsp3) is 0. The first-order valence-electron chi connectivity index (χ1n) is 3.10. The number of pyridine rings is 1. The number of nitrogens with two attached hydrogens (primary N) is 1. The number of primary amides is 1. The van der Waals surface area contributed by atoms with Gasteiger partial charge in [-0.25, -0.2) is 0 Å². The monoisotopic (exact) mass is 224 g/mol. The third kappa shape index (κ3) is 2.72. The van der Waals surface area contributed by atoms with Gasteiger partial charge in [0.15, 0.2) is 0 Å². The van der Waals surface area contributed by atoms with Crippen molar-refractivity contribution < 1.29 is 4.79 Å².